The van der Waals surface area contributed by atoms with Gasteiger partial charge in [-0.05, 0) is 24.1 Å². The van der Waals surface area contributed by atoms with Crippen molar-refractivity contribution in [3.05, 3.63) is 23.8 Å². The Morgan fingerprint density at radius 1 is 1.30 bits per heavy atom. The number of hydrogen-bond acceptors (Lipinski definition) is 5. The second-order valence-corrected chi connectivity index (χ2v) is 6.68. The van der Waals surface area contributed by atoms with E-state index in [-0.39, 0.29) is 17.3 Å². The zero-order valence-electron chi connectivity index (χ0n) is 10.8. The van der Waals surface area contributed by atoms with E-state index in [4.69, 9.17) is 15.2 Å². The fourth-order valence-corrected chi connectivity index (χ4v) is 3.19. The van der Waals surface area contributed by atoms with Gasteiger partial charge in [0.25, 0.3) is 0 Å². The molecule has 1 aliphatic rings. The maximum atomic E-state index is 11.5. The first kappa shape index (κ1) is 15.0. The molecule has 0 spiro atoms. The van der Waals surface area contributed by atoms with E-state index in [9.17, 15) is 8.42 Å². The van der Waals surface area contributed by atoms with Crippen LogP contribution in [-0.4, -0.2) is 38.9 Å². The molecular weight excluding hydrogens is 300 g/mol. The molecule has 2 rings (SSSR count). The van der Waals surface area contributed by atoms with E-state index in [2.05, 4.69) is 16.9 Å². The number of ether oxygens (including phenoxy) is 2. The summed E-state index contributed by atoms with van der Waals surface area (Å²) in [7, 11) is -3.44. The highest BCUT2D eigenvalue weighted by molar-refractivity contribution is 7.92. The van der Waals surface area contributed by atoms with Crippen LogP contribution in [0, 0.1) is 0 Å². The molecule has 8 heteroatoms. The van der Waals surface area contributed by atoms with Crippen LogP contribution in [0.1, 0.15) is 5.56 Å². The van der Waals surface area contributed by atoms with Crippen molar-refractivity contribution in [3.8, 4) is 11.5 Å². The van der Waals surface area contributed by atoms with E-state index < -0.39 is 10.0 Å². The van der Waals surface area contributed by atoms with Crippen molar-refractivity contribution in [3.63, 3.8) is 0 Å². The summed E-state index contributed by atoms with van der Waals surface area (Å²) in [5, 5.41) is 0. The highest BCUT2D eigenvalue weighted by Crippen LogP contribution is 2.30. The van der Waals surface area contributed by atoms with Crippen LogP contribution in [0.2, 0.25) is 0 Å². The predicted molar refractivity (Wildman–Crippen MR) is 79.7 cm³/mol. The Balaban J connectivity index is 1.90. The fraction of sp³-hybridized carbons (Fsp3) is 0.417. The van der Waals surface area contributed by atoms with Gasteiger partial charge in [0.1, 0.15) is 19.0 Å². The molecule has 6 nitrogen and oxygen atoms in total. The summed E-state index contributed by atoms with van der Waals surface area (Å²) in [4.78, 5) is -0.0446. The molecule has 1 aliphatic heterocycles. The van der Waals surface area contributed by atoms with Crippen molar-refractivity contribution in [1.82, 2.24) is 4.72 Å². The number of thiocarbonyl (C=S) groups is 1. The van der Waals surface area contributed by atoms with Crippen LogP contribution in [0.15, 0.2) is 18.2 Å². The Morgan fingerprint density at radius 3 is 2.70 bits per heavy atom. The molecule has 1 aromatic carbocycles. The van der Waals surface area contributed by atoms with Gasteiger partial charge in [-0.25, -0.2) is 13.1 Å². The van der Waals surface area contributed by atoms with Crippen molar-refractivity contribution in [2.24, 2.45) is 5.73 Å². The molecule has 0 fully saturated rings. The maximum Gasteiger partial charge on any atom is 0.218 e. The van der Waals surface area contributed by atoms with Crippen molar-refractivity contribution >= 4 is 27.2 Å². The van der Waals surface area contributed by atoms with Gasteiger partial charge < -0.3 is 15.2 Å². The molecule has 0 radical (unpaired) electrons. The van der Waals surface area contributed by atoms with Crippen LogP contribution >= 0.6 is 12.2 Å². The number of benzene rings is 1. The number of hydrogen-bond donors (Lipinski definition) is 2. The lowest BCUT2D eigenvalue weighted by Crippen LogP contribution is -2.33. The molecule has 0 amide bonds. The van der Waals surface area contributed by atoms with Gasteiger partial charge in [0.2, 0.25) is 10.0 Å². The van der Waals surface area contributed by atoms with Crippen molar-refractivity contribution in [1.29, 1.82) is 0 Å². The van der Waals surface area contributed by atoms with E-state index >= 15 is 0 Å². The minimum Gasteiger partial charge on any atom is -0.486 e. The van der Waals surface area contributed by atoms with Crippen LogP contribution in [0.3, 0.4) is 0 Å². The lowest BCUT2D eigenvalue weighted by molar-refractivity contribution is 0.171. The minimum absolute atomic E-state index is 0.0446. The van der Waals surface area contributed by atoms with Gasteiger partial charge in [-0.2, -0.15) is 0 Å². The molecule has 3 N–H and O–H groups in total. The normalized spacial score (nSPS) is 14.0. The predicted octanol–water partition coefficient (Wildman–Crippen LogP) is 0.206. The van der Waals surface area contributed by atoms with E-state index in [0.717, 1.165) is 5.56 Å². The smallest absolute Gasteiger partial charge is 0.218 e. The number of nitrogens with two attached hydrogens (primary N) is 1. The number of rotatable bonds is 6. The third kappa shape index (κ3) is 4.32. The molecule has 1 aromatic rings. The molecule has 0 saturated heterocycles. The Bertz CT molecular complexity index is 601. The quantitative estimate of drug-likeness (QED) is 0.729. The molecule has 20 heavy (non-hydrogen) atoms. The molecule has 1 heterocycles. The molecule has 0 bridgehead atoms. The third-order valence-corrected chi connectivity index (χ3v) is 4.34. The van der Waals surface area contributed by atoms with E-state index in [1.54, 1.807) is 0 Å². The fourth-order valence-electron chi connectivity index (χ4n) is 1.83. The highest BCUT2D eigenvalue weighted by atomic mass is 32.2. The van der Waals surface area contributed by atoms with Gasteiger partial charge in [-0.15, -0.1) is 0 Å². The molecular formula is C12H16N2O4S2. The minimum atomic E-state index is -3.44. The van der Waals surface area contributed by atoms with Gasteiger partial charge in [0.15, 0.2) is 11.5 Å². The molecule has 0 unspecified atom stereocenters. The molecule has 110 valence electrons. The Labute approximate surface area is 123 Å². The lowest BCUT2D eigenvalue weighted by Gasteiger charge is -2.18. The summed E-state index contributed by atoms with van der Waals surface area (Å²) in [5.41, 5.74) is 6.18. The molecule has 0 atom stereocenters. The summed E-state index contributed by atoms with van der Waals surface area (Å²) in [6.45, 7) is 1.35. The first-order chi connectivity index (χ1) is 9.46. The summed E-state index contributed by atoms with van der Waals surface area (Å²) in [5.74, 6) is 1.08. The summed E-state index contributed by atoms with van der Waals surface area (Å²) >= 11 is 4.58. The summed E-state index contributed by atoms with van der Waals surface area (Å²) in [6.07, 6.45) is 0.549. The standard InChI is InChI=1S/C12H16N2O4S2/c13-12(19)8-20(15,16)14-4-3-9-1-2-10-11(7-9)18-6-5-17-10/h1-2,7,14H,3-6,8H2,(H2,13,19). The Morgan fingerprint density at radius 2 is 2.00 bits per heavy atom. The average molecular weight is 316 g/mol. The average Bonchev–Trinajstić information content (AvgIpc) is 2.37. The first-order valence-electron chi connectivity index (χ1n) is 6.10. The molecule has 0 aromatic heterocycles. The number of nitrogens with one attached hydrogen (secondary N) is 1. The number of fused-ring (bicyclic) bond motifs is 1. The monoisotopic (exact) mass is 316 g/mol. The van der Waals surface area contributed by atoms with Gasteiger partial charge in [0.05, 0.1) is 4.99 Å². The lowest BCUT2D eigenvalue weighted by atomic mass is 10.1. The van der Waals surface area contributed by atoms with Gasteiger partial charge in [0, 0.05) is 6.54 Å². The molecule has 0 saturated carbocycles. The van der Waals surface area contributed by atoms with E-state index in [1.165, 1.54) is 0 Å². The summed E-state index contributed by atoms with van der Waals surface area (Å²) in [6, 6.07) is 5.57. The highest BCUT2D eigenvalue weighted by Gasteiger charge is 2.13. The van der Waals surface area contributed by atoms with Crippen molar-refractivity contribution in [2.45, 2.75) is 6.42 Å². The SMILES string of the molecule is NC(=S)CS(=O)(=O)NCCc1ccc2c(c1)OCCO2. The van der Waals surface area contributed by atoms with E-state index in [1.807, 2.05) is 18.2 Å². The van der Waals surface area contributed by atoms with Crippen LogP contribution in [-0.2, 0) is 16.4 Å². The van der Waals surface area contributed by atoms with Crippen molar-refractivity contribution in [2.75, 3.05) is 25.5 Å². The Hall–Kier alpha value is -1.38. The van der Waals surface area contributed by atoms with Crippen LogP contribution in [0.5, 0.6) is 11.5 Å². The van der Waals surface area contributed by atoms with Crippen molar-refractivity contribution < 1.29 is 17.9 Å². The third-order valence-electron chi connectivity index (χ3n) is 2.67. The zero-order chi connectivity index (χ0) is 14.6. The van der Waals surface area contributed by atoms with Gasteiger partial charge in [-0.3, -0.25) is 0 Å². The largest absolute Gasteiger partial charge is 0.486 e. The maximum absolute atomic E-state index is 11.5. The summed E-state index contributed by atoms with van der Waals surface area (Å²) < 4.78 is 36.4. The van der Waals surface area contributed by atoms with Crippen LogP contribution in [0.25, 0.3) is 0 Å². The topological polar surface area (TPSA) is 90.7 Å². The van der Waals surface area contributed by atoms with Crippen LogP contribution < -0.4 is 19.9 Å². The van der Waals surface area contributed by atoms with Gasteiger partial charge in [-0.1, -0.05) is 18.3 Å². The van der Waals surface area contributed by atoms with Crippen LogP contribution in [0.4, 0.5) is 0 Å². The van der Waals surface area contributed by atoms with Gasteiger partial charge >= 0.3 is 0 Å². The Kier molecular flexibility index (Phi) is 4.79. The zero-order valence-corrected chi connectivity index (χ0v) is 12.4. The molecule has 0 aliphatic carbocycles. The number of sulfonamides is 1. The second-order valence-electron chi connectivity index (χ2n) is 4.35. The second kappa shape index (κ2) is 6.38. The first-order valence-corrected chi connectivity index (χ1v) is 8.16. The van der Waals surface area contributed by atoms with E-state index in [0.29, 0.717) is 31.1 Å².